The van der Waals surface area contributed by atoms with Crippen LogP contribution in [0.1, 0.15) is 18.4 Å². The summed E-state index contributed by atoms with van der Waals surface area (Å²) in [6.07, 6.45) is 4.60. The molecule has 2 aliphatic heterocycles. The van der Waals surface area contributed by atoms with Gasteiger partial charge < -0.3 is 5.43 Å². The molecule has 0 radical (unpaired) electrons. The highest BCUT2D eigenvalue weighted by molar-refractivity contribution is 5.68. The quantitative estimate of drug-likeness (QED) is 0.838. The fourth-order valence-electron chi connectivity index (χ4n) is 2.74. The lowest BCUT2D eigenvalue weighted by atomic mass is 9.80. The summed E-state index contributed by atoms with van der Waals surface area (Å²) in [5, 5.41) is 4.18. The van der Waals surface area contributed by atoms with Crippen LogP contribution in [0, 0.1) is 5.41 Å². The van der Waals surface area contributed by atoms with Gasteiger partial charge in [-0.05, 0) is 31.5 Å². The van der Waals surface area contributed by atoms with Crippen molar-refractivity contribution < 1.29 is 0 Å². The smallest absolute Gasteiger partial charge is 0.0437 e. The van der Waals surface area contributed by atoms with Crippen molar-refractivity contribution in [2.75, 3.05) is 19.6 Å². The van der Waals surface area contributed by atoms with Crippen LogP contribution in [0.15, 0.2) is 35.4 Å². The Balaban J connectivity index is 1.57. The average molecular weight is 229 g/mol. The number of rotatable bonds is 2. The number of hydrogen-bond acceptors (Lipinski definition) is 3. The van der Waals surface area contributed by atoms with Gasteiger partial charge in [0.15, 0.2) is 0 Å². The molecule has 0 amide bonds. The molecule has 0 aliphatic carbocycles. The Morgan fingerprint density at radius 1 is 1.18 bits per heavy atom. The minimum atomic E-state index is 0.354. The predicted octanol–water partition coefficient (Wildman–Crippen LogP) is 1.86. The zero-order valence-electron chi connectivity index (χ0n) is 10.1. The van der Waals surface area contributed by atoms with Gasteiger partial charge in [0.05, 0.1) is 0 Å². The van der Waals surface area contributed by atoms with E-state index in [0.29, 0.717) is 5.41 Å². The van der Waals surface area contributed by atoms with E-state index in [1.807, 2.05) is 0 Å². The molecule has 3 nitrogen and oxygen atoms in total. The van der Waals surface area contributed by atoms with Gasteiger partial charge in [-0.1, -0.05) is 30.3 Å². The van der Waals surface area contributed by atoms with E-state index in [4.69, 9.17) is 0 Å². The highest BCUT2D eigenvalue weighted by Gasteiger charge is 2.35. The van der Waals surface area contributed by atoms with Gasteiger partial charge in [-0.15, -0.1) is 0 Å². The highest BCUT2D eigenvalue weighted by Crippen LogP contribution is 2.31. The van der Waals surface area contributed by atoms with Crippen molar-refractivity contribution in [2.24, 2.45) is 10.5 Å². The van der Waals surface area contributed by atoms with E-state index in [0.717, 1.165) is 13.1 Å². The molecule has 17 heavy (non-hydrogen) atoms. The minimum absolute atomic E-state index is 0.354. The van der Waals surface area contributed by atoms with Crippen LogP contribution >= 0.6 is 0 Å². The van der Waals surface area contributed by atoms with E-state index in [1.165, 1.54) is 31.5 Å². The number of hydrazone groups is 1. The number of nitrogens with one attached hydrogen (secondary N) is 1. The van der Waals surface area contributed by atoms with E-state index in [1.54, 1.807) is 0 Å². The third-order valence-corrected chi connectivity index (χ3v) is 3.96. The maximum atomic E-state index is 4.18. The Morgan fingerprint density at radius 3 is 2.59 bits per heavy atom. The SMILES string of the molecule is C1=NNCC12CCN(Cc1ccccc1)CC2. The van der Waals surface area contributed by atoms with E-state index >= 15 is 0 Å². The Kier molecular flexibility index (Phi) is 2.85. The summed E-state index contributed by atoms with van der Waals surface area (Å²) in [5.74, 6) is 0. The predicted molar refractivity (Wildman–Crippen MR) is 69.9 cm³/mol. The summed E-state index contributed by atoms with van der Waals surface area (Å²) >= 11 is 0. The van der Waals surface area contributed by atoms with E-state index in [2.05, 4.69) is 52.0 Å². The summed E-state index contributed by atoms with van der Waals surface area (Å²) in [7, 11) is 0. The fourth-order valence-corrected chi connectivity index (χ4v) is 2.74. The Morgan fingerprint density at radius 2 is 1.94 bits per heavy atom. The summed E-state index contributed by atoms with van der Waals surface area (Å²) in [6, 6.07) is 10.7. The average Bonchev–Trinajstić information content (AvgIpc) is 2.83. The standard InChI is InChI=1S/C14H19N3/c1-2-4-13(5-3-1)10-17-8-6-14(7-9-17)11-15-16-12-14/h1-5,11,16H,6-10,12H2. The zero-order valence-corrected chi connectivity index (χ0v) is 10.1. The van der Waals surface area contributed by atoms with Gasteiger partial charge in [-0.25, -0.2) is 0 Å². The summed E-state index contributed by atoms with van der Waals surface area (Å²) in [5.41, 5.74) is 4.87. The van der Waals surface area contributed by atoms with Gasteiger partial charge in [-0.3, -0.25) is 4.90 Å². The van der Waals surface area contributed by atoms with Gasteiger partial charge in [-0.2, -0.15) is 5.10 Å². The number of likely N-dealkylation sites (tertiary alicyclic amines) is 1. The van der Waals surface area contributed by atoms with E-state index in [9.17, 15) is 0 Å². The molecule has 2 heterocycles. The maximum absolute atomic E-state index is 4.18. The van der Waals surface area contributed by atoms with Crippen molar-refractivity contribution in [2.45, 2.75) is 19.4 Å². The topological polar surface area (TPSA) is 27.6 Å². The van der Waals surface area contributed by atoms with Crippen LogP contribution < -0.4 is 5.43 Å². The fraction of sp³-hybridized carbons (Fsp3) is 0.500. The van der Waals surface area contributed by atoms with Crippen molar-refractivity contribution in [1.82, 2.24) is 10.3 Å². The molecule has 0 saturated carbocycles. The molecule has 1 saturated heterocycles. The van der Waals surface area contributed by atoms with Gasteiger partial charge in [0.1, 0.15) is 0 Å². The van der Waals surface area contributed by atoms with Crippen LogP contribution in [-0.2, 0) is 6.54 Å². The lowest BCUT2D eigenvalue weighted by Gasteiger charge is -2.36. The van der Waals surface area contributed by atoms with Crippen LogP contribution in [0.2, 0.25) is 0 Å². The third kappa shape index (κ3) is 2.34. The van der Waals surface area contributed by atoms with Gasteiger partial charge in [0.2, 0.25) is 0 Å². The van der Waals surface area contributed by atoms with Crippen LogP contribution in [0.25, 0.3) is 0 Å². The monoisotopic (exact) mass is 229 g/mol. The molecule has 2 aliphatic rings. The second-order valence-electron chi connectivity index (χ2n) is 5.22. The van der Waals surface area contributed by atoms with Crippen LogP contribution in [0.4, 0.5) is 0 Å². The van der Waals surface area contributed by atoms with Crippen molar-refractivity contribution in [1.29, 1.82) is 0 Å². The molecule has 1 spiro atoms. The van der Waals surface area contributed by atoms with Crippen molar-refractivity contribution in [3.05, 3.63) is 35.9 Å². The first-order chi connectivity index (χ1) is 8.36. The van der Waals surface area contributed by atoms with Gasteiger partial charge in [0.25, 0.3) is 0 Å². The van der Waals surface area contributed by atoms with E-state index in [-0.39, 0.29) is 0 Å². The second kappa shape index (κ2) is 4.49. The molecular formula is C14H19N3. The summed E-state index contributed by atoms with van der Waals surface area (Å²) in [4.78, 5) is 2.55. The van der Waals surface area contributed by atoms with Crippen molar-refractivity contribution in [3.63, 3.8) is 0 Å². The van der Waals surface area contributed by atoms with Gasteiger partial charge in [0, 0.05) is 24.7 Å². The highest BCUT2D eigenvalue weighted by atomic mass is 15.3. The number of hydrogen-bond donors (Lipinski definition) is 1. The van der Waals surface area contributed by atoms with Crippen LogP contribution in [-0.4, -0.2) is 30.7 Å². The lowest BCUT2D eigenvalue weighted by molar-refractivity contribution is 0.154. The molecule has 1 fully saturated rings. The number of benzene rings is 1. The molecule has 1 aromatic rings. The Hall–Kier alpha value is -1.35. The Labute approximate surface area is 103 Å². The van der Waals surface area contributed by atoms with Crippen LogP contribution in [0.5, 0.6) is 0 Å². The molecule has 0 unspecified atom stereocenters. The number of piperidine rings is 1. The Bertz CT molecular complexity index is 391. The molecule has 3 rings (SSSR count). The first kappa shape index (κ1) is 10.8. The normalized spacial score (nSPS) is 22.8. The largest absolute Gasteiger partial charge is 0.309 e. The molecule has 0 bridgehead atoms. The minimum Gasteiger partial charge on any atom is -0.309 e. The van der Waals surface area contributed by atoms with Crippen molar-refractivity contribution >= 4 is 6.21 Å². The molecule has 0 aromatic heterocycles. The molecular weight excluding hydrogens is 210 g/mol. The first-order valence-electron chi connectivity index (χ1n) is 6.40. The molecule has 90 valence electrons. The van der Waals surface area contributed by atoms with Gasteiger partial charge >= 0.3 is 0 Å². The molecule has 1 aromatic carbocycles. The van der Waals surface area contributed by atoms with Crippen LogP contribution in [0.3, 0.4) is 0 Å². The summed E-state index contributed by atoms with van der Waals surface area (Å²) in [6.45, 7) is 4.48. The molecule has 3 heteroatoms. The van der Waals surface area contributed by atoms with Crippen molar-refractivity contribution in [3.8, 4) is 0 Å². The molecule has 0 atom stereocenters. The summed E-state index contributed by atoms with van der Waals surface area (Å²) < 4.78 is 0. The second-order valence-corrected chi connectivity index (χ2v) is 5.22. The number of nitrogens with zero attached hydrogens (tertiary/aromatic N) is 2. The maximum Gasteiger partial charge on any atom is 0.0437 e. The first-order valence-corrected chi connectivity index (χ1v) is 6.40. The van der Waals surface area contributed by atoms with E-state index < -0.39 is 0 Å². The lowest BCUT2D eigenvalue weighted by Crippen LogP contribution is -2.42. The third-order valence-electron chi connectivity index (χ3n) is 3.96. The zero-order chi connectivity index (χ0) is 11.6. The molecule has 1 N–H and O–H groups in total.